The number of hydrogen-bond acceptors (Lipinski definition) is 11. The van der Waals surface area contributed by atoms with E-state index < -0.39 is 41.1 Å². The topological polar surface area (TPSA) is 182 Å². The maximum absolute atomic E-state index is 13.7. The van der Waals surface area contributed by atoms with E-state index in [1.807, 2.05) is 60.5 Å². The lowest BCUT2D eigenvalue weighted by molar-refractivity contribution is -0.131. The van der Waals surface area contributed by atoms with Crippen molar-refractivity contribution in [2.45, 2.75) is 110 Å². The van der Waals surface area contributed by atoms with E-state index in [0.29, 0.717) is 78.5 Å². The Morgan fingerprint density at radius 3 is 1.82 bits per heavy atom. The fraction of sp³-hybridized carbons (Fsp3) is 0.659. The van der Waals surface area contributed by atoms with E-state index in [4.69, 9.17) is 21.7 Å². The molecule has 3 aliphatic rings. The normalized spacial score (nSPS) is 16.1. The number of benzene rings is 1. The van der Waals surface area contributed by atoms with Crippen LogP contribution in [0.25, 0.3) is 5.57 Å². The number of nitrogens with zero attached hydrogens (tertiary/aromatic N) is 4. The molecular formula is C44H68N8O8S. The Kier molecular flexibility index (Phi) is 18.1. The molecule has 4 rings (SSSR count). The molecule has 2 heterocycles. The van der Waals surface area contributed by atoms with Crippen molar-refractivity contribution < 1.29 is 38.2 Å². The molecule has 1 aromatic rings. The molecule has 0 fully saturated rings. The molecule has 1 aromatic carbocycles. The summed E-state index contributed by atoms with van der Waals surface area (Å²) in [5.41, 5.74) is 0.956. The van der Waals surface area contributed by atoms with E-state index in [-0.39, 0.29) is 24.9 Å². The van der Waals surface area contributed by atoms with Gasteiger partial charge in [0, 0.05) is 68.1 Å². The van der Waals surface area contributed by atoms with E-state index in [1.54, 1.807) is 18.2 Å². The third kappa shape index (κ3) is 14.8. The van der Waals surface area contributed by atoms with Crippen LogP contribution in [0.2, 0.25) is 0 Å². The molecule has 0 saturated carbocycles. The molecule has 17 heteroatoms. The second kappa shape index (κ2) is 22.5. The molecule has 6 amide bonds. The summed E-state index contributed by atoms with van der Waals surface area (Å²) in [6.45, 7) is 16.8. The van der Waals surface area contributed by atoms with Crippen molar-refractivity contribution in [2.24, 2.45) is 0 Å². The molecule has 2 aliphatic heterocycles. The van der Waals surface area contributed by atoms with Gasteiger partial charge in [-0.15, -0.1) is 0 Å². The highest BCUT2D eigenvalue weighted by atomic mass is 32.1. The Morgan fingerprint density at radius 2 is 1.20 bits per heavy atom. The van der Waals surface area contributed by atoms with Gasteiger partial charge in [0.05, 0.1) is 5.92 Å². The SMILES string of the molecule is CN(C)CCN1C(=O)c2ccc3c4c2C(CC=C4C(=O)N(CCCNC(=S)NCCCCCN(CCCCNC(=O)OC(C)(C)C)CCCNC(=O)OC(C)(C)C)C3=O)C1=O. The highest BCUT2D eigenvalue weighted by molar-refractivity contribution is 7.80. The molecule has 1 atom stereocenters. The Balaban J connectivity index is 1.16. The number of hydrogen-bond donors (Lipinski definition) is 4. The van der Waals surface area contributed by atoms with Gasteiger partial charge in [0.1, 0.15) is 11.2 Å². The van der Waals surface area contributed by atoms with Gasteiger partial charge < -0.3 is 40.5 Å². The van der Waals surface area contributed by atoms with Crippen LogP contribution in [-0.4, -0.2) is 151 Å². The number of likely N-dealkylation sites (N-methyl/N-ethyl adjacent to an activating group) is 1. The monoisotopic (exact) mass is 868 g/mol. The zero-order valence-corrected chi connectivity index (χ0v) is 38.3. The number of alkyl carbamates (subject to hydrolysis) is 2. The lowest BCUT2D eigenvalue weighted by Crippen LogP contribution is -2.50. The first-order chi connectivity index (χ1) is 28.8. The molecule has 4 N–H and O–H groups in total. The van der Waals surface area contributed by atoms with Crippen molar-refractivity contribution >= 4 is 58.7 Å². The van der Waals surface area contributed by atoms with E-state index in [1.165, 1.54) is 9.80 Å². The largest absolute Gasteiger partial charge is 0.444 e. The van der Waals surface area contributed by atoms with Crippen molar-refractivity contribution in [1.82, 2.24) is 40.9 Å². The standard InChI is InChI=1S/C44H68N8O8S/c1-43(2,3)59-41(57)47-21-11-13-25-50(26-14-23-48-42(58)60-44(4,5)6)24-12-9-10-20-45-40(61)46-22-15-27-51-36(53)30-16-18-32-35-33(19-17-31(34(30)35)37(51)54)39(56)52(38(32)55)29-28-49(7)8/h16-18,33H,9-15,19-29H2,1-8H3,(H,47,57)(H,48,58)(H2,45,46,61). The van der Waals surface area contributed by atoms with Crippen LogP contribution in [0.15, 0.2) is 18.2 Å². The first kappa shape index (κ1) is 49.0. The maximum atomic E-state index is 13.7. The number of carbonyl (C=O) groups excluding carboxylic acids is 6. The van der Waals surface area contributed by atoms with Crippen LogP contribution >= 0.6 is 12.2 Å². The predicted molar refractivity (Wildman–Crippen MR) is 238 cm³/mol. The number of allylic oxidation sites excluding steroid dienone is 1. The second-order valence-electron chi connectivity index (χ2n) is 18.1. The van der Waals surface area contributed by atoms with E-state index in [9.17, 15) is 28.8 Å². The summed E-state index contributed by atoms with van der Waals surface area (Å²) >= 11 is 5.49. The summed E-state index contributed by atoms with van der Waals surface area (Å²) in [6.07, 6.45) is 7.09. The quantitative estimate of drug-likeness (QED) is 0.0721. The van der Waals surface area contributed by atoms with Gasteiger partial charge in [-0.05, 0) is 150 Å². The van der Waals surface area contributed by atoms with Gasteiger partial charge in [-0.1, -0.05) is 12.5 Å². The van der Waals surface area contributed by atoms with Gasteiger partial charge in [0.25, 0.3) is 17.7 Å². The van der Waals surface area contributed by atoms with Crippen molar-refractivity contribution in [3.8, 4) is 0 Å². The van der Waals surface area contributed by atoms with Gasteiger partial charge in [0.2, 0.25) is 5.91 Å². The van der Waals surface area contributed by atoms with Crippen LogP contribution in [0.5, 0.6) is 0 Å². The molecule has 16 nitrogen and oxygen atoms in total. The number of imide groups is 2. The minimum atomic E-state index is -0.600. The third-order valence-corrected chi connectivity index (χ3v) is 10.6. The molecule has 1 unspecified atom stereocenters. The minimum Gasteiger partial charge on any atom is -0.444 e. The van der Waals surface area contributed by atoms with Gasteiger partial charge in [0.15, 0.2) is 5.11 Å². The molecule has 1 aliphatic carbocycles. The number of unbranched alkanes of at least 4 members (excludes halogenated alkanes) is 3. The van der Waals surface area contributed by atoms with Crippen LogP contribution in [-0.2, 0) is 19.1 Å². The van der Waals surface area contributed by atoms with Crippen molar-refractivity contribution in [3.05, 3.63) is 40.5 Å². The van der Waals surface area contributed by atoms with Crippen LogP contribution in [0.1, 0.15) is 131 Å². The fourth-order valence-electron chi connectivity index (χ4n) is 7.49. The number of carbonyl (C=O) groups is 6. The highest BCUT2D eigenvalue weighted by Crippen LogP contribution is 2.45. The molecule has 0 saturated heterocycles. The number of nitrogens with one attached hydrogen (secondary N) is 4. The number of thiocarbonyl (C=S) groups is 1. The molecule has 0 bridgehead atoms. The zero-order chi connectivity index (χ0) is 44.9. The highest BCUT2D eigenvalue weighted by Gasteiger charge is 2.47. The molecule has 0 radical (unpaired) electrons. The summed E-state index contributed by atoms with van der Waals surface area (Å²) in [6, 6.07) is 3.24. The Labute approximate surface area is 366 Å². The fourth-order valence-corrected chi connectivity index (χ4v) is 7.69. The van der Waals surface area contributed by atoms with Gasteiger partial charge in [-0.25, -0.2) is 9.59 Å². The third-order valence-electron chi connectivity index (χ3n) is 10.4. The van der Waals surface area contributed by atoms with Gasteiger partial charge in [-0.2, -0.15) is 0 Å². The number of rotatable bonds is 22. The van der Waals surface area contributed by atoms with Gasteiger partial charge in [-0.3, -0.25) is 29.0 Å². The Bertz CT molecular complexity index is 1800. The average molecular weight is 869 g/mol. The predicted octanol–water partition coefficient (Wildman–Crippen LogP) is 4.63. The first-order valence-corrected chi connectivity index (χ1v) is 22.1. The molecule has 338 valence electrons. The second-order valence-corrected chi connectivity index (χ2v) is 18.5. The van der Waals surface area contributed by atoms with Crippen LogP contribution in [0.3, 0.4) is 0 Å². The lowest BCUT2D eigenvalue weighted by atomic mass is 9.73. The summed E-state index contributed by atoms with van der Waals surface area (Å²) in [5, 5.41) is 12.6. The zero-order valence-electron chi connectivity index (χ0n) is 37.5. The Morgan fingerprint density at radius 1 is 0.672 bits per heavy atom. The summed E-state index contributed by atoms with van der Waals surface area (Å²) in [5.74, 6) is -2.12. The molecule has 0 aromatic heterocycles. The van der Waals surface area contributed by atoms with Crippen molar-refractivity contribution in [1.29, 1.82) is 0 Å². The van der Waals surface area contributed by atoms with E-state index in [0.717, 1.165) is 58.2 Å². The molecular weight excluding hydrogens is 801 g/mol. The van der Waals surface area contributed by atoms with Crippen LogP contribution in [0, 0.1) is 0 Å². The number of ether oxygens (including phenoxy) is 2. The average Bonchev–Trinajstić information content (AvgIpc) is 3.16. The van der Waals surface area contributed by atoms with Gasteiger partial charge >= 0.3 is 12.2 Å². The first-order valence-electron chi connectivity index (χ1n) is 21.7. The summed E-state index contributed by atoms with van der Waals surface area (Å²) in [7, 11) is 3.76. The Hall–Kier alpha value is -4.61. The molecule has 0 spiro atoms. The maximum Gasteiger partial charge on any atom is 0.407 e. The lowest BCUT2D eigenvalue weighted by Gasteiger charge is -2.39. The minimum absolute atomic E-state index is 0.189. The summed E-state index contributed by atoms with van der Waals surface area (Å²) < 4.78 is 10.7. The van der Waals surface area contributed by atoms with Crippen LogP contribution in [0.4, 0.5) is 9.59 Å². The summed E-state index contributed by atoms with van der Waals surface area (Å²) in [4.78, 5) is 85.0. The van der Waals surface area contributed by atoms with Crippen molar-refractivity contribution in [3.63, 3.8) is 0 Å². The van der Waals surface area contributed by atoms with Crippen molar-refractivity contribution in [2.75, 3.05) is 79.5 Å². The van der Waals surface area contributed by atoms with Crippen LogP contribution < -0.4 is 21.3 Å². The number of amides is 6. The molecule has 61 heavy (non-hydrogen) atoms. The van der Waals surface area contributed by atoms with E-state index >= 15 is 0 Å². The van der Waals surface area contributed by atoms with E-state index in [2.05, 4.69) is 26.2 Å². The smallest absolute Gasteiger partial charge is 0.407 e.